The van der Waals surface area contributed by atoms with Gasteiger partial charge in [-0.3, -0.25) is 4.79 Å². The Balaban J connectivity index is 3.63. The van der Waals surface area contributed by atoms with E-state index in [-0.39, 0.29) is 0 Å². The van der Waals surface area contributed by atoms with Gasteiger partial charge in [-0.25, -0.2) is 0 Å². The fourth-order valence-electron chi connectivity index (χ4n) is 8.88. The summed E-state index contributed by atoms with van der Waals surface area (Å²) in [7, 11) is 0. The van der Waals surface area contributed by atoms with Crippen molar-refractivity contribution in [3.8, 4) is 0 Å². The van der Waals surface area contributed by atoms with E-state index in [0.29, 0.717) is 12.8 Å². The third-order valence-corrected chi connectivity index (χ3v) is 13.2. The van der Waals surface area contributed by atoms with Crippen LogP contribution in [-0.4, -0.2) is 57.3 Å². The number of nitrogens with one attached hydrogen (secondary N) is 1. The summed E-state index contributed by atoms with van der Waals surface area (Å²) in [6.45, 7) is 4.08. The molecule has 0 aliphatic heterocycles. The first-order valence-electron chi connectivity index (χ1n) is 27.6. The number of amides is 1. The van der Waals surface area contributed by atoms with Crippen molar-refractivity contribution in [2.24, 2.45) is 0 Å². The molecule has 6 nitrogen and oxygen atoms in total. The van der Waals surface area contributed by atoms with E-state index in [2.05, 4.69) is 31.3 Å². The Kier molecular flexibility index (Phi) is 49.3. The maximum atomic E-state index is 12.6. The molecule has 0 saturated carbocycles. The van der Waals surface area contributed by atoms with Crippen LogP contribution < -0.4 is 5.32 Å². The fraction of sp³-hybridized carbons (Fsp3) is 0.945. The molecule has 0 aromatic heterocycles. The van der Waals surface area contributed by atoms with Crippen molar-refractivity contribution in [1.29, 1.82) is 0 Å². The minimum atomic E-state index is -1.28. The Bertz CT molecular complexity index is 882. The summed E-state index contributed by atoms with van der Waals surface area (Å²) in [5.74, 6) is -0.587. The summed E-state index contributed by atoms with van der Waals surface area (Å²) in [5, 5.41) is 43.9. The summed E-state index contributed by atoms with van der Waals surface area (Å²) >= 11 is 0. The van der Waals surface area contributed by atoms with Gasteiger partial charge in [0.1, 0.15) is 12.2 Å². The molecule has 0 aliphatic carbocycles. The molecule has 6 heteroatoms. The highest BCUT2D eigenvalue weighted by Crippen LogP contribution is 2.18. The van der Waals surface area contributed by atoms with Crippen LogP contribution in [0.5, 0.6) is 0 Å². The lowest BCUT2D eigenvalue weighted by molar-refractivity contribution is -0.132. The van der Waals surface area contributed by atoms with Crippen LogP contribution >= 0.6 is 0 Å². The fourth-order valence-corrected chi connectivity index (χ4v) is 8.88. The summed E-state index contributed by atoms with van der Waals surface area (Å²) in [6.07, 6.45) is 58.5. The monoisotopic (exact) mass is 864 g/mol. The van der Waals surface area contributed by atoms with Gasteiger partial charge in [-0.2, -0.15) is 0 Å². The Morgan fingerprint density at radius 2 is 0.672 bits per heavy atom. The number of aliphatic hydroxyl groups excluding tert-OH is 4. The van der Waals surface area contributed by atoms with Crippen molar-refractivity contribution in [3.05, 3.63) is 12.2 Å². The largest absolute Gasteiger partial charge is 0.394 e. The summed E-state index contributed by atoms with van der Waals surface area (Å²) in [5.41, 5.74) is 0. The Morgan fingerprint density at radius 1 is 0.393 bits per heavy atom. The average Bonchev–Trinajstić information content (AvgIpc) is 3.26. The summed E-state index contributed by atoms with van der Waals surface area (Å²) in [4.78, 5) is 12.6. The van der Waals surface area contributed by atoms with Crippen LogP contribution in [0, 0.1) is 0 Å². The molecule has 0 rings (SSSR count). The van der Waals surface area contributed by atoms with Crippen LogP contribution in [0.3, 0.4) is 0 Å². The van der Waals surface area contributed by atoms with Gasteiger partial charge >= 0.3 is 0 Å². The summed E-state index contributed by atoms with van der Waals surface area (Å²) < 4.78 is 0. The van der Waals surface area contributed by atoms with E-state index in [1.54, 1.807) is 0 Å². The molecule has 0 fully saturated rings. The van der Waals surface area contributed by atoms with Gasteiger partial charge in [0, 0.05) is 0 Å². The zero-order valence-corrected chi connectivity index (χ0v) is 41.2. The molecule has 0 saturated heterocycles. The lowest BCUT2D eigenvalue weighted by atomic mass is 10.00. The minimum Gasteiger partial charge on any atom is -0.394 e. The molecular formula is C55H109NO5. The molecule has 0 aromatic rings. The van der Waals surface area contributed by atoms with Crippen LogP contribution in [0.1, 0.15) is 303 Å². The van der Waals surface area contributed by atoms with Crippen molar-refractivity contribution in [1.82, 2.24) is 5.32 Å². The van der Waals surface area contributed by atoms with E-state index < -0.39 is 36.9 Å². The van der Waals surface area contributed by atoms with Crippen LogP contribution in [0.25, 0.3) is 0 Å². The van der Waals surface area contributed by atoms with Gasteiger partial charge in [0.15, 0.2) is 0 Å². The Hall–Kier alpha value is -0.950. The van der Waals surface area contributed by atoms with E-state index in [9.17, 15) is 25.2 Å². The molecule has 0 heterocycles. The zero-order chi connectivity index (χ0) is 44.5. The van der Waals surface area contributed by atoms with Gasteiger partial charge < -0.3 is 25.7 Å². The zero-order valence-electron chi connectivity index (χ0n) is 41.2. The number of allylic oxidation sites excluding steroid dienone is 2. The average molecular weight is 864 g/mol. The second kappa shape index (κ2) is 50.1. The summed E-state index contributed by atoms with van der Waals surface area (Å²) in [6, 6.07) is -0.998. The molecule has 0 aliphatic rings. The molecule has 0 radical (unpaired) electrons. The second-order valence-corrected chi connectivity index (χ2v) is 19.3. The molecule has 0 bridgehead atoms. The van der Waals surface area contributed by atoms with Crippen LogP contribution in [0.4, 0.5) is 0 Å². The number of rotatable bonds is 51. The number of aliphatic hydroxyl groups is 4. The topological polar surface area (TPSA) is 110 Å². The second-order valence-electron chi connectivity index (χ2n) is 19.3. The van der Waals surface area contributed by atoms with Gasteiger partial charge in [0.05, 0.1) is 18.8 Å². The van der Waals surface area contributed by atoms with E-state index in [1.165, 1.54) is 238 Å². The van der Waals surface area contributed by atoms with Crippen molar-refractivity contribution in [2.45, 2.75) is 327 Å². The molecule has 364 valence electrons. The highest BCUT2D eigenvalue weighted by Gasteiger charge is 2.28. The SMILES string of the molecule is CCCCCCCCCCCCCCCCCCCCCCC/C=C/CCCC(O)C(O)C(CO)NC(=O)C(O)CCCCCCCCCCCCCCCCCCCCC. The first kappa shape index (κ1) is 60.1. The molecule has 61 heavy (non-hydrogen) atoms. The van der Waals surface area contributed by atoms with Crippen molar-refractivity contribution in [3.63, 3.8) is 0 Å². The highest BCUT2D eigenvalue weighted by atomic mass is 16.3. The predicted molar refractivity (Wildman–Crippen MR) is 265 cm³/mol. The number of carbonyl (C=O) groups excluding carboxylic acids is 1. The minimum absolute atomic E-state index is 0.368. The first-order chi connectivity index (χ1) is 30.0. The Labute approximate surface area is 381 Å². The Morgan fingerprint density at radius 3 is 0.984 bits per heavy atom. The molecule has 4 unspecified atom stereocenters. The lowest BCUT2D eigenvalue weighted by Crippen LogP contribution is -2.53. The quantitative estimate of drug-likeness (QED) is 0.0309. The molecule has 1 amide bonds. The number of carbonyl (C=O) groups is 1. The van der Waals surface area contributed by atoms with Crippen LogP contribution in [0.15, 0.2) is 12.2 Å². The van der Waals surface area contributed by atoms with E-state index in [1.807, 2.05) is 0 Å². The van der Waals surface area contributed by atoms with Crippen LogP contribution in [0.2, 0.25) is 0 Å². The standard InChI is InChI=1S/C55H109NO5/c1-3-5-7-9-11-13-15-17-19-21-23-24-25-26-27-28-29-31-32-34-36-38-40-42-44-46-48-52(58)54(60)51(50-57)56-55(61)53(59)49-47-45-43-41-39-37-35-33-30-22-20-18-16-14-12-10-8-6-4-2/h40,42,51-54,57-60H,3-39,41,43-50H2,1-2H3,(H,56,61)/b42-40+. The molecular weight excluding hydrogens is 755 g/mol. The molecule has 0 spiro atoms. The van der Waals surface area contributed by atoms with Gasteiger partial charge in [-0.05, 0) is 38.5 Å². The smallest absolute Gasteiger partial charge is 0.249 e. The van der Waals surface area contributed by atoms with E-state index >= 15 is 0 Å². The maximum Gasteiger partial charge on any atom is 0.249 e. The van der Waals surface area contributed by atoms with Gasteiger partial charge in [0.25, 0.3) is 0 Å². The molecule has 4 atom stereocenters. The molecule has 0 aromatic carbocycles. The molecule has 5 N–H and O–H groups in total. The van der Waals surface area contributed by atoms with Crippen molar-refractivity contribution >= 4 is 5.91 Å². The number of hydrogen-bond donors (Lipinski definition) is 5. The normalized spacial score (nSPS) is 13.9. The first-order valence-corrected chi connectivity index (χ1v) is 27.6. The van der Waals surface area contributed by atoms with Crippen molar-refractivity contribution < 1.29 is 25.2 Å². The van der Waals surface area contributed by atoms with Gasteiger partial charge in [0.2, 0.25) is 5.91 Å². The van der Waals surface area contributed by atoms with E-state index in [0.717, 1.165) is 38.5 Å². The van der Waals surface area contributed by atoms with E-state index in [4.69, 9.17) is 0 Å². The number of hydrogen-bond acceptors (Lipinski definition) is 5. The maximum absolute atomic E-state index is 12.6. The highest BCUT2D eigenvalue weighted by molar-refractivity contribution is 5.80. The number of unbranched alkanes of at least 4 members (excludes halogenated alkanes) is 40. The third kappa shape index (κ3) is 44.1. The van der Waals surface area contributed by atoms with Gasteiger partial charge in [-0.1, -0.05) is 276 Å². The van der Waals surface area contributed by atoms with Crippen LogP contribution in [-0.2, 0) is 4.79 Å². The van der Waals surface area contributed by atoms with Gasteiger partial charge in [-0.15, -0.1) is 0 Å². The predicted octanol–water partition coefficient (Wildman–Crippen LogP) is 15.7. The van der Waals surface area contributed by atoms with Crippen molar-refractivity contribution in [2.75, 3.05) is 6.61 Å². The lowest BCUT2D eigenvalue weighted by Gasteiger charge is -2.27. The third-order valence-electron chi connectivity index (χ3n) is 13.2.